The van der Waals surface area contributed by atoms with Gasteiger partial charge in [-0.05, 0) is 12.1 Å². The maximum Gasteiger partial charge on any atom is 0.173 e. The predicted molar refractivity (Wildman–Crippen MR) is 74.8 cm³/mol. The number of benzene rings is 1. The van der Waals surface area contributed by atoms with E-state index in [0.717, 1.165) is 0 Å². The molecule has 0 saturated carbocycles. The fourth-order valence-corrected chi connectivity index (χ4v) is 3.50. The standard InChI is InChI=1S/C11H14ClN3O3S/c12-8-2-1-3-9(10(8)11(13)14-16)15-4-6-19(17,18)7-5-15/h1-3,16H,4-7H2,(H2,13,14). The Morgan fingerprint density at radius 1 is 1.37 bits per heavy atom. The van der Waals surface area contributed by atoms with Crippen molar-refractivity contribution in [3.05, 3.63) is 28.8 Å². The summed E-state index contributed by atoms with van der Waals surface area (Å²) in [5.41, 5.74) is 6.73. The number of oxime groups is 1. The second-order valence-electron chi connectivity index (χ2n) is 4.26. The molecule has 6 nitrogen and oxygen atoms in total. The molecule has 1 aromatic carbocycles. The van der Waals surface area contributed by atoms with Gasteiger partial charge in [-0.25, -0.2) is 8.42 Å². The summed E-state index contributed by atoms with van der Waals surface area (Å²) in [6.07, 6.45) is 0. The zero-order chi connectivity index (χ0) is 14.0. The van der Waals surface area contributed by atoms with Crippen LogP contribution in [0.15, 0.2) is 23.4 Å². The van der Waals surface area contributed by atoms with Crippen LogP contribution < -0.4 is 10.6 Å². The van der Waals surface area contributed by atoms with Crippen molar-refractivity contribution in [2.75, 3.05) is 29.5 Å². The smallest absolute Gasteiger partial charge is 0.173 e. The second kappa shape index (κ2) is 5.26. The van der Waals surface area contributed by atoms with Crippen molar-refractivity contribution in [3.8, 4) is 0 Å². The number of rotatable bonds is 2. The normalized spacial score (nSPS) is 19.4. The van der Waals surface area contributed by atoms with Gasteiger partial charge in [0, 0.05) is 18.8 Å². The molecule has 3 N–H and O–H groups in total. The Kier molecular flexibility index (Phi) is 3.86. The van der Waals surface area contributed by atoms with Gasteiger partial charge in [-0.15, -0.1) is 0 Å². The van der Waals surface area contributed by atoms with E-state index in [1.165, 1.54) is 0 Å². The topological polar surface area (TPSA) is 96.0 Å². The second-order valence-corrected chi connectivity index (χ2v) is 6.97. The number of amidine groups is 1. The maximum absolute atomic E-state index is 11.4. The van der Waals surface area contributed by atoms with Crippen LogP contribution in [0.5, 0.6) is 0 Å². The highest BCUT2D eigenvalue weighted by atomic mass is 35.5. The van der Waals surface area contributed by atoms with Gasteiger partial charge in [0.05, 0.1) is 22.1 Å². The van der Waals surface area contributed by atoms with Crippen molar-refractivity contribution in [3.63, 3.8) is 0 Å². The van der Waals surface area contributed by atoms with Crippen molar-refractivity contribution in [2.45, 2.75) is 0 Å². The summed E-state index contributed by atoms with van der Waals surface area (Å²) in [5.74, 6) is 0.0959. The number of anilines is 1. The quantitative estimate of drug-likeness (QED) is 0.362. The van der Waals surface area contributed by atoms with Crippen LogP contribution in [0.1, 0.15) is 5.56 Å². The Balaban J connectivity index is 2.38. The number of nitrogens with zero attached hydrogens (tertiary/aromatic N) is 2. The molecule has 2 rings (SSSR count). The first-order chi connectivity index (χ1) is 8.94. The van der Waals surface area contributed by atoms with Crippen molar-refractivity contribution < 1.29 is 13.6 Å². The fraction of sp³-hybridized carbons (Fsp3) is 0.364. The van der Waals surface area contributed by atoms with E-state index in [2.05, 4.69) is 5.16 Å². The van der Waals surface area contributed by atoms with Gasteiger partial charge in [-0.1, -0.05) is 22.8 Å². The molecule has 0 amide bonds. The van der Waals surface area contributed by atoms with Crippen LogP contribution >= 0.6 is 11.6 Å². The minimum Gasteiger partial charge on any atom is -0.409 e. The average molecular weight is 304 g/mol. The molecule has 1 aromatic rings. The Morgan fingerprint density at radius 3 is 2.58 bits per heavy atom. The van der Waals surface area contributed by atoms with Gasteiger partial charge in [0.2, 0.25) is 0 Å². The van der Waals surface area contributed by atoms with Crippen LogP contribution in [-0.4, -0.2) is 44.1 Å². The molecular formula is C11H14ClN3O3S. The SMILES string of the molecule is NC(=NO)c1c(Cl)cccc1N1CCS(=O)(=O)CC1. The molecule has 1 aliphatic rings. The Morgan fingerprint density at radius 2 is 2.00 bits per heavy atom. The molecule has 0 unspecified atom stereocenters. The lowest BCUT2D eigenvalue weighted by Gasteiger charge is -2.30. The first-order valence-corrected chi connectivity index (χ1v) is 7.86. The monoisotopic (exact) mass is 303 g/mol. The predicted octanol–water partition coefficient (Wildman–Crippen LogP) is 0.669. The summed E-state index contributed by atoms with van der Waals surface area (Å²) >= 11 is 6.06. The van der Waals surface area contributed by atoms with Crippen molar-refractivity contribution in [1.29, 1.82) is 0 Å². The molecular weight excluding hydrogens is 290 g/mol. The molecule has 1 aliphatic heterocycles. The molecule has 8 heteroatoms. The fourth-order valence-electron chi connectivity index (χ4n) is 2.03. The van der Waals surface area contributed by atoms with Crippen molar-refractivity contribution in [1.82, 2.24) is 0 Å². The number of nitrogens with two attached hydrogens (primary N) is 1. The molecule has 0 bridgehead atoms. The van der Waals surface area contributed by atoms with Crippen LogP contribution in [0.4, 0.5) is 5.69 Å². The summed E-state index contributed by atoms with van der Waals surface area (Å²) in [5, 5.41) is 12.1. The van der Waals surface area contributed by atoms with E-state index in [0.29, 0.717) is 29.4 Å². The summed E-state index contributed by atoms with van der Waals surface area (Å²) in [7, 11) is -2.96. The van der Waals surface area contributed by atoms with Gasteiger partial charge in [-0.3, -0.25) is 0 Å². The number of hydrogen-bond acceptors (Lipinski definition) is 5. The zero-order valence-electron chi connectivity index (χ0n) is 10.1. The van der Waals surface area contributed by atoms with Crippen LogP contribution in [-0.2, 0) is 9.84 Å². The third-order valence-corrected chi connectivity index (χ3v) is 4.96. The lowest BCUT2D eigenvalue weighted by Crippen LogP contribution is -2.41. The van der Waals surface area contributed by atoms with Crippen molar-refractivity contribution >= 4 is 33.0 Å². The molecule has 104 valence electrons. The van der Waals surface area contributed by atoms with E-state index in [-0.39, 0.29) is 17.3 Å². The van der Waals surface area contributed by atoms with Gasteiger partial charge >= 0.3 is 0 Å². The first kappa shape index (κ1) is 14.0. The molecule has 0 atom stereocenters. The van der Waals surface area contributed by atoms with Gasteiger partial charge < -0.3 is 15.8 Å². The van der Waals surface area contributed by atoms with E-state index >= 15 is 0 Å². The van der Waals surface area contributed by atoms with Gasteiger partial charge in [0.1, 0.15) is 0 Å². The molecule has 0 aliphatic carbocycles. The molecule has 0 spiro atoms. The average Bonchev–Trinajstić information content (AvgIpc) is 2.37. The van der Waals surface area contributed by atoms with Crippen molar-refractivity contribution in [2.24, 2.45) is 10.9 Å². The Labute approximate surface area is 116 Å². The summed E-state index contributed by atoms with van der Waals surface area (Å²) in [6.45, 7) is 0.739. The largest absolute Gasteiger partial charge is 0.409 e. The van der Waals surface area contributed by atoms with E-state index < -0.39 is 9.84 Å². The summed E-state index contributed by atoms with van der Waals surface area (Å²) < 4.78 is 22.9. The first-order valence-electron chi connectivity index (χ1n) is 5.66. The van der Waals surface area contributed by atoms with Crippen LogP contribution in [0.3, 0.4) is 0 Å². The third-order valence-electron chi connectivity index (χ3n) is 3.04. The van der Waals surface area contributed by atoms with Crippen LogP contribution in [0, 0.1) is 0 Å². The number of halogens is 1. The number of hydrogen-bond donors (Lipinski definition) is 2. The minimum absolute atomic E-state index is 0.0889. The highest BCUT2D eigenvalue weighted by molar-refractivity contribution is 7.91. The third kappa shape index (κ3) is 2.93. The van der Waals surface area contributed by atoms with E-state index in [9.17, 15) is 8.42 Å². The highest BCUT2D eigenvalue weighted by Gasteiger charge is 2.24. The van der Waals surface area contributed by atoms with E-state index in [1.807, 2.05) is 4.90 Å². The lowest BCUT2D eigenvalue weighted by molar-refractivity contribution is 0.318. The maximum atomic E-state index is 11.4. The highest BCUT2D eigenvalue weighted by Crippen LogP contribution is 2.28. The van der Waals surface area contributed by atoms with E-state index in [1.54, 1.807) is 18.2 Å². The number of sulfone groups is 1. The van der Waals surface area contributed by atoms with Crippen LogP contribution in [0.2, 0.25) is 5.02 Å². The molecule has 1 fully saturated rings. The van der Waals surface area contributed by atoms with Gasteiger partial charge in [0.15, 0.2) is 15.7 Å². The molecule has 0 radical (unpaired) electrons. The lowest BCUT2D eigenvalue weighted by atomic mass is 10.1. The van der Waals surface area contributed by atoms with Gasteiger partial charge in [-0.2, -0.15) is 0 Å². The van der Waals surface area contributed by atoms with E-state index in [4.69, 9.17) is 22.5 Å². The Hall–Kier alpha value is -1.47. The summed E-state index contributed by atoms with van der Waals surface area (Å²) in [6, 6.07) is 5.16. The molecule has 1 saturated heterocycles. The summed E-state index contributed by atoms with van der Waals surface area (Å²) in [4.78, 5) is 1.88. The Bertz CT molecular complexity index is 602. The molecule has 19 heavy (non-hydrogen) atoms. The van der Waals surface area contributed by atoms with Gasteiger partial charge in [0.25, 0.3) is 0 Å². The molecule has 1 heterocycles. The zero-order valence-corrected chi connectivity index (χ0v) is 11.7. The minimum atomic E-state index is -2.96. The molecule has 0 aromatic heterocycles. The van der Waals surface area contributed by atoms with Crippen LogP contribution in [0.25, 0.3) is 0 Å².